The molecule has 0 spiro atoms. The van der Waals surface area contributed by atoms with Crippen LogP contribution in [0, 0.1) is 6.92 Å². The van der Waals surface area contributed by atoms with Crippen LogP contribution in [0.3, 0.4) is 0 Å². The summed E-state index contributed by atoms with van der Waals surface area (Å²) in [5, 5.41) is 3.21. The molecular weight excluding hydrogens is 324 g/mol. The topological polar surface area (TPSA) is 49.4 Å². The van der Waals surface area contributed by atoms with E-state index in [1.165, 1.54) is 24.8 Å². The number of carbonyl (C=O) groups excluding carboxylic acids is 2. The molecule has 1 fully saturated rings. The summed E-state index contributed by atoms with van der Waals surface area (Å²) in [5.41, 5.74) is 2.25. The molecule has 0 heterocycles. The quantitative estimate of drug-likeness (QED) is 0.751. The molecule has 0 bridgehead atoms. The van der Waals surface area contributed by atoms with Crippen molar-refractivity contribution in [3.05, 3.63) is 35.4 Å². The minimum atomic E-state index is -0.392. The van der Waals surface area contributed by atoms with E-state index in [1.807, 2.05) is 26.0 Å². The number of rotatable bonds is 8. The Morgan fingerprint density at radius 1 is 1.19 bits per heavy atom. The van der Waals surface area contributed by atoms with Crippen LogP contribution in [0.2, 0.25) is 0 Å². The highest BCUT2D eigenvalue weighted by Crippen LogP contribution is 2.19. The Labute approximate surface area is 158 Å². The summed E-state index contributed by atoms with van der Waals surface area (Å²) < 4.78 is 0. The van der Waals surface area contributed by atoms with Gasteiger partial charge in [0.05, 0.1) is 0 Å². The van der Waals surface area contributed by atoms with Gasteiger partial charge in [0, 0.05) is 19.0 Å². The van der Waals surface area contributed by atoms with Crippen molar-refractivity contribution < 1.29 is 9.59 Å². The molecule has 4 heteroatoms. The van der Waals surface area contributed by atoms with Crippen molar-refractivity contribution in [3.63, 3.8) is 0 Å². The molecule has 0 saturated heterocycles. The Balaban J connectivity index is 2.14. The van der Waals surface area contributed by atoms with Crippen molar-refractivity contribution in [2.45, 2.75) is 90.8 Å². The van der Waals surface area contributed by atoms with Crippen molar-refractivity contribution in [1.82, 2.24) is 10.2 Å². The van der Waals surface area contributed by atoms with Gasteiger partial charge >= 0.3 is 0 Å². The predicted octanol–water partition coefficient (Wildman–Crippen LogP) is 4.35. The molecule has 1 atom stereocenters. The molecule has 4 nitrogen and oxygen atoms in total. The van der Waals surface area contributed by atoms with Gasteiger partial charge in [-0.15, -0.1) is 0 Å². The van der Waals surface area contributed by atoms with E-state index in [-0.39, 0.29) is 17.9 Å². The first-order valence-corrected chi connectivity index (χ1v) is 10.2. The zero-order valence-electron chi connectivity index (χ0n) is 16.6. The van der Waals surface area contributed by atoms with Crippen LogP contribution in [-0.4, -0.2) is 28.8 Å². The highest BCUT2D eigenvalue weighted by atomic mass is 16.2. The average Bonchev–Trinajstić information content (AvgIpc) is 2.62. The molecule has 1 saturated carbocycles. The van der Waals surface area contributed by atoms with Gasteiger partial charge in [0.15, 0.2) is 0 Å². The molecule has 144 valence electrons. The molecule has 2 rings (SSSR count). The van der Waals surface area contributed by atoms with Crippen molar-refractivity contribution in [1.29, 1.82) is 0 Å². The molecule has 1 aliphatic rings. The van der Waals surface area contributed by atoms with Crippen LogP contribution in [0.1, 0.15) is 76.3 Å². The van der Waals surface area contributed by atoms with Gasteiger partial charge in [-0.25, -0.2) is 0 Å². The van der Waals surface area contributed by atoms with Gasteiger partial charge in [-0.1, -0.05) is 62.9 Å². The Morgan fingerprint density at radius 3 is 2.54 bits per heavy atom. The van der Waals surface area contributed by atoms with E-state index in [0.29, 0.717) is 19.4 Å². The summed E-state index contributed by atoms with van der Waals surface area (Å²) in [5.74, 6) is 0.0798. The second-order valence-corrected chi connectivity index (χ2v) is 7.53. The van der Waals surface area contributed by atoms with E-state index < -0.39 is 6.04 Å². The molecule has 0 aliphatic heterocycles. The molecule has 1 aliphatic carbocycles. The maximum Gasteiger partial charge on any atom is 0.243 e. The molecule has 1 N–H and O–H groups in total. The Kier molecular flexibility index (Phi) is 8.14. The first-order valence-electron chi connectivity index (χ1n) is 10.2. The van der Waals surface area contributed by atoms with Crippen LogP contribution in [-0.2, 0) is 16.1 Å². The van der Waals surface area contributed by atoms with Crippen LogP contribution >= 0.6 is 0 Å². The number of hydrogen-bond acceptors (Lipinski definition) is 2. The fourth-order valence-electron chi connectivity index (χ4n) is 3.83. The van der Waals surface area contributed by atoms with E-state index >= 15 is 0 Å². The summed E-state index contributed by atoms with van der Waals surface area (Å²) in [6, 6.07) is 8.07. The van der Waals surface area contributed by atoms with Crippen molar-refractivity contribution in [2.75, 3.05) is 0 Å². The molecule has 2 amide bonds. The third kappa shape index (κ3) is 5.86. The Morgan fingerprint density at radius 2 is 1.92 bits per heavy atom. The summed E-state index contributed by atoms with van der Waals surface area (Å²) in [7, 11) is 0. The molecule has 0 radical (unpaired) electrons. The predicted molar refractivity (Wildman–Crippen MR) is 106 cm³/mol. The summed E-state index contributed by atoms with van der Waals surface area (Å²) in [4.78, 5) is 27.5. The molecule has 0 aromatic heterocycles. The third-order valence-corrected chi connectivity index (χ3v) is 5.24. The van der Waals surface area contributed by atoms with Gasteiger partial charge < -0.3 is 10.2 Å². The zero-order valence-corrected chi connectivity index (χ0v) is 16.6. The summed E-state index contributed by atoms with van der Waals surface area (Å²) in [6.45, 7) is 6.55. The second kappa shape index (κ2) is 10.3. The lowest BCUT2D eigenvalue weighted by molar-refractivity contribution is -0.141. The number of amides is 2. The molecular formula is C22H34N2O2. The van der Waals surface area contributed by atoms with Crippen LogP contribution in [0.4, 0.5) is 0 Å². The van der Waals surface area contributed by atoms with Gasteiger partial charge in [-0.05, 0) is 38.2 Å². The van der Waals surface area contributed by atoms with Gasteiger partial charge in [-0.3, -0.25) is 9.59 Å². The van der Waals surface area contributed by atoms with E-state index in [9.17, 15) is 9.59 Å². The highest BCUT2D eigenvalue weighted by Gasteiger charge is 2.29. The normalized spacial score (nSPS) is 16.1. The van der Waals surface area contributed by atoms with Gasteiger partial charge in [-0.2, -0.15) is 0 Å². The van der Waals surface area contributed by atoms with Crippen LogP contribution in [0.25, 0.3) is 0 Å². The first kappa shape index (κ1) is 20.5. The van der Waals surface area contributed by atoms with E-state index in [0.717, 1.165) is 24.8 Å². The first-order chi connectivity index (χ1) is 12.5. The molecule has 1 aromatic rings. The lowest BCUT2D eigenvalue weighted by atomic mass is 9.95. The number of aryl methyl sites for hydroxylation is 1. The second-order valence-electron chi connectivity index (χ2n) is 7.53. The standard InChI is InChI=1S/C22H34N2O2/c1-4-10-21(25)24(16-18-12-9-11-17(3)15-18)20(5-2)22(26)23-19-13-7-6-8-14-19/h9,11-12,15,19-20H,4-8,10,13-14,16H2,1-3H3,(H,23,26)/t20-/m1/s1. The van der Waals surface area contributed by atoms with Gasteiger partial charge in [0.1, 0.15) is 6.04 Å². The largest absolute Gasteiger partial charge is 0.352 e. The van der Waals surface area contributed by atoms with E-state index in [2.05, 4.69) is 24.4 Å². The van der Waals surface area contributed by atoms with Crippen molar-refractivity contribution >= 4 is 11.8 Å². The van der Waals surface area contributed by atoms with Crippen LogP contribution in [0.15, 0.2) is 24.3 Å². The smallest absolute Gasteiger partial charge is 0.243 e. The van der Waals surface area contributed by atoms with E-state index in [4.69, 9.17) is 0 Å². The number of nitrogens with one attached hydrogen (secondary N) is 1. The monoisotopic (exact) mass is 358 g/mol. The molecule has 1 aromatic carbocycles. The molecule has 26 heavy (non-hydrogen) atoms. The maximum atomic E-state index is 12.9. The fourth-order valence-corrected chi connectivity index (χ4v) is 3.83. The highest BCUT2D eigenvalue weighted by molar-refractivity contribution is 5.87. The minimum Gasteiger partial charge on any atom is -0.352 e. The Bertz CT molecular complexity index is 594. The minimum absolute atomic E-state index is 0.0107. The van der Waals surface area contributed by atoms with Crippen molar-refractivity contribution in [2.24, 2.45) is 0 Å². The third-order valence-electron chi connectivity index (χ3n) is 5.24. The molecule has 0 unspecified atom stereocenters. The number of carbonyl (C=O) groups is 2. The fraction of sp³-hybridized carbons (Fsp3) is 0.636. The lowest BCUT2D eigenvalue weighted by Gasteiger charge is -2.33. The number of hydrogen-bond donors (Lipinski definition) is 1. The number of benzene rings is 1. The van der Waals surface area contributed by atoms with Gasteiger partial charge in [0.25, 0.3) is 0 Å². The maximum absolute atomic E-state index is 12.9. The summed E-state index contributed by atoms with van der Waals surface area (Å²) >= 11 is 0. The summed E-state index contributed by atoms with van der Waals surface area (Å²) in [6.07, 6.45) is 7.67. The van der Waals surface area contributed by atoms with Gasteiger partial charge in [0.2, 0.25) is 11.8 Å². The average molecular weight is 359 g/mol. The van der Waals surface area contributed by atoms with Crippen molar-refractivity contribution in [3.8, 4) is 0 Å². The Hall–Kier alpha value is -1.84. The SMILES string of the molecule is CCCC(=O)N(Cc1cccc(C)c1)[C@H](CC)C(=O)NC1CCCCC1. The van der Waals surface area contributed by atoms with E-state index in [1.54, 1.807) is 4.90 Å². The van der Waals surface area contributed by atoms with Crippen LogP contribution < -0.4 is 5.32 Å². The zero-order chi connectivity index (χ0) is 18.9. The lowest BCUT2D eigenvalue weighted by Crippen LogP contribution is -2.51. The van der Waals surface area contributed by atoms with Crippen LogP contribution in [0.5, 0.6) is 0 Å². The number of nitrogens with zero attached hydrogens (tertiary/aromatic N) is 1.